The third-order valence-corrected chi connectivity index (χ3v) is 6.30. The maximum absolute atomic E-state index is 13.1. The van der Waals surface area contributed by atoms with E-state index in [0.29, 0.717) is 30.1 Å². The van der Waals surface area contributed by atoms with Crippen molar-refractivity contribution in [2.75, 3.05) is 38.2 Å². The molecule has 1 saturated heterocycles. The highest BCUT2D eigenvalue weighted by Crippen LogP contribution is 2.31. The number of nitrogens with one attached hydrogen (secondary N) is 2. The topological polar surface area (TPSA) is 111 Å². The van der Waals surface area contributed by atoms with Crippen molar-refractivity contribution in [1.82, 2.24) is 15.5 Å². The lowest BCUT2D eigenvalue weighted by molar-refractivity contribution is -0.141. The molecule has 9 heteroatoms. The standard InChI is InChI=1S/C27H30N4O5/c1-18(20-8-4-3-5-9-20)28-25(33)26(34)29-22-17-36-24-11-10-19(15-23(24)30(2)27(22)35)7-6-13-31-14-12-21(32)16-31/h3-5,8-11,15,18,21-22,32H,12-14,16-17H2,1-2H3,(H,28,33)(H,29,34)/t18-,21-,22-/m0/s1. The van der Waals surface area contributed by atoms with Gasteiger partial charge in [0.15, 0.2) is 0 Å². The molecule has 0 saturated carbocycles. The smallest absolute Gasteiger partial charge is 0.310 e. The SMILES string of the molecule is C[C@H](NC(=O)C(=O)N[C@H]1COc2ccc(C#CCN3CC[C@H](O)C3)cc2N(C)C1=O)c1ccccc1. The first kappa shape index (κ1) is 25.2. The molecule has 3 amide bonds. The lowest BCUT2D eigenvalue weighted by atomic mass is 10.1. The minimum absolute atomic E-state index is 0.105. The molecule has 2 aliphatic rings. The molecular weight excluding hydrogens is 460 g/mol. The molecule has 2 aromatic rings. The van der Waals surface area contributed by atoms with E-state index in [1.807, 2.05) is 30.3 Å². The van der Waals surface area contributed by atoms with Gasteiger partial charge >= 0.3 is 11.8 Å². The van der Waals surface area contributed by atoms with Crippen LogP contribution >= 0.6 is 0 Å². The molecule has 0 bridgehead atoms. The molecule has 188 valence electrons. The summed E-state index contributed by atoms with van der Waals surface area (Å²) >= 11 is 0. The van der Waals surface area contributed by atoms with Gasteiger partial charge in [0.2, 0.25) is 0 Å². The van der Waals surface area contributed by atoms with Crippen LogP contribution < -0.4 is 20.3 Å². The summed E-state index contributed by atoms with van der Waals surface area (Å²) in [6.07, 6.45) is 0.471. The van der Waals surface area contributed by atoms with E-state index >= 15 is 0 Å². The van der Waals surface area contributed by atoms with E-state index in [1.54, 1.807) is 32.2 Å². The Balaban J connectivity index is 1.37. The molecule has 36 heavy (non-hydrogen) atoms. The Hall–Kier alpha value is -3.87. The monoisotopic (exact) mass is 490 g/mol. The van der Waals surface area contributed by atoms with E-state index in [0.717, 1.165) is 18.5 Å². The van der Waals surface area contributed by atoms with Gasteiger partial charge in [0.1, 0.15) is 18.4 Å². The molecule has 2 aliphatic heterocycles. The lowest BCUT2D eigenvalue weighted by Crippen LogP contribution is -2.53. The number of anilines is 1. The molecule has 0 aliphatic carbocycles. The summed E-state index contributed by atoms with van der Waals surface area (Å²) in [6, 6.07) is 13.2. The van der Waals surface area contributed by atoms with Crippen molar-refractivity contribution in [1.29, 1.82) is 0 Å². The Morgan fingerprint density at radius 2 is 1.97 bits per heavy atom. The fourth-order valence-corrected chi connectivity index (χ4v) is 4.20. The summed E-state index contributed by atoms with van der Waals surface area (Å²) in [5, 5.41) is 14.8. The van der Waals surface area contributed by atoms with E-state index in [-0.39, 0.29) is 18.8 Å². The Labute approximate surface area is 210 Å². The molecule has 0 spiro atoms. The molecule has 0 unspecified atom stereocenters. The van der Waals surface area contributed by atoms with Crippen LogP contribution in [0.25, 0.3) is 0 Å². The molecule has 4 rings (SSSR count). The van der Waals surface area contributed by atoms with Crippen LogP contribution in [-0.4, -0.2) is 73.2 Å². The Kier molecular flexibility index (Phi) is 7.88. The van der Waals surface area contributed by atoms with Gasteiger partial charge in [-0.2, -0.15) is 0 Å². The van der Waals surface area contributed by atoms with Crippen LogP contribution in [-0.2, 0) is 14.4 Å². The first-order valence-corrected chi connectivity index (χ1v) is 11.9. The van der Waals surface area contributed by atoms with Gasteiger partial charge in [-0.05, 0) is 37.1 Å². The molecule has 3 atom stereocenters. The highest BCUT2D eigenvalue weighted by Gasteiger charge is 2.32. The summed E-state index contributed by atoms with van der Waals surface area (Å²) in [4.78, 5) is 41.5. The second-order valence-electron chi connectivity index (χ2n) is 9.00. The number of likely N-dealkylation sites (tertiary alicyclic amines) is 1. The fraction of sp³-hybridized carbons (Fsp3) is 0.370. The first-order chi connectivity index (χ1) is 17.3. The normalized spacial score (nSPS) is 20.3. The maximum atomic E-state index is 13.1. The number of hydrogen-bond donors (Lipinski definition) is 3. The number of aliphatic hydroxyl groups excluding tert-OH is 1. The number of rotatable bonds is 4. The molecule has 1 fully saturated rings. The van der Waals surface area contributed by atoms with Crippen molar-refractivity contribution in [3.05, 3.63) is 59.7 Å². The Morgan fingerprint density at radius 1 is 1.19 bits per heavy atom. The number of benzene rings is 2. The van der Waals surface area contributed by atoms with E-state index in [1.165, 1.54) is 4.90 Å². The van der Waals surface area contributed by atoms with Gasteiger partial charge in [-0.1, -0.05) is 42.2 Å². The van der Waals surface area contributed by atoms with E-state index < -0.39 is 23.8 Å². The van der Waals surface area contributed by atoms with Crippen molar-refractivity contribution in [2.24, 2.45) is 0 Å². The zero-order chi connectivity index (χ0) is 25.7. The van der Waals surface area contributed by atoms with Crippen molar-refractivity contribution in [3.8, 4) is 17.6 Å². The summed E-state index contributed by atoms with van der Waals surface area (Å²) in [6.45, 7) is 3.67. The van der Waals surface area contributed by atoms with Gasteiger partial charge in [0.25, 0.3) is 5.91 Å². The van der Waals surface area contributed by atoms with Gasteiger partial charge in [0.05, 0.1) is 24.4 Å². The molecular formula is C27H30N4O5. The third-order valence-electron chi connectivity index (χ3n) is 6.30. The maximum Gasteiger partial charge on any atom is 0.310 e. The van der Waals surface area contributed by atoms with Crippen LogP contribution in [0.1, 0.15) is 30.5 Å². The second-order valence-corrected chi connectivity index (χ2v) is 9.00. The molecule has 2 aromatic carbocycles. The minimum Gasteiger partial charge on any atom is -0.489 e. The van der Waals surface area contributed by atoms with Crippen molar-refractivity contribution in [2.45, 2.75) is 31.5 Å². The summed E-state index contributed by atoms with van der Waals surface area (Å²) in [5.74, 6) is 4.55. The number of nitrogens with zero attached hydrogens (tertiary/aromatic N) is 2. The molecule has 3 N–H and O–H groups in total. The number of hydrogen-bond acceptors (Lipinski definition) is 6. The quantitative estimate of drug-likeness (QED) is 0.432. The predicted molar refractivity (Wildman–Crippen MR) is 134 cm³/mol. The number of amides is 3. The average Bonchev–Trinajstić information content (AvgIpc) is 3.26. The number of carbonyl (C=O) groups excluding carboxylic acids is 3. The van der Waals surface area contributed by atoms with Crippen LogP contribution in [0.3, 0.4) is 0 Å². The highest BCUT2D eigenvalue weighted by molar-refractivity contribution is 6.35. The first-order valence-electron chi connectivity index (χ1n) is 11.9. The number of aliphatic hydroxyl groups is 1. The number of ether oxygens (including phenoxy) is 1. The van der Waals surface area contributed by atoms with Gasteiger partial charge in [-0.25, -0.2) is 0 Å². The summed E-state index contributed by atoms with van der Waals surface area (Å²) in [7, 11) is 1.59. The van der Waals surface area contributed by atoms with Crippen LogP contribution in [0.15, 0.2) is 48.5 Å². The van der Waals surface area contributed by atoms with E-state index in [9.17, 15) is 19.5 Å². The van der Waals surface area contributed by atoms with Crippen LogP contribution in [0, 0.1) is 11.8 Å². The van der Waals surface area contributed by atoms with Crippen LogP contribution in [0.5, 0.6) is 5.75 Å². The average molecular weight is 491 g/mol. The summed E-state index contributed by atoms with van der Waals surface area (Å²) in [5.41, 5.74) is 2.11. The van der Waals surface area contributed by atoms with E-state index in [4.69, 9.17) is 4.74 Å². The van der Waals surface area contributed by atoms with Crippen LogP contribution in [0.4, 0.5) is 5.69 Å². The number of fused-ring (bicyclic) bond motifs is 1. The largest absolute Gasteiger partial charge is 0.489 e. The fourth-order valence-electron chi connectivity index (χ4n) is 4.20. The van der Waals surface area contributed by atoms with Gasteiger partial charge in [-0.3, -0.25) is 19.3 Å². The number of likely N-dealkylation sites (N-methyl/N-ethyl adjacent to an activating group) is 1. The van der Waals surface area contributed by atoms with Gasteiger partial charge in [0, 0.05) is 25.7 Å². The second kappa shape index (κ2) is 11.2. The van der Waals surface area contributed by atoms with Gasteiger partial charge < -0.3 is 25.4 Å². The van der Waals surface area contributed by atoms with Gasteiger partial charge in [-0.15, -0.1) is 0 Å². The summed E-state index contributed by atoms with van der Waals surface area (Å²) < 4.78 is 5.79. The molecule has 9 nitrogen and oxygen atoms in total. The zero-order valence-corrected chi connectivity index (χ0v) is 20.4. The number of carbonyl (C=O) groups is 3. The van der Waals surface area contributed by atoms with Crippen molar-refractivity contribution < 1.29 is 24.2 Å². The van der Waals surface area contributed by atoms with E-state index in [2.05, 4.69) is 27.4 Å². The van der Waals surface area contributed by atoms with Crippen molar-refractivity contribution in [3.63, 3.8) is 0 Å². The Morgan fingerprint density at radius 3 is 2.69 bits per heavy atom. The third kappa shape index (κ3) is 6.03. The van der Waals surface area contributed by atoms with Crippen LogP contribution in [0.2, 0.25) is 0 Å². The lowest BCUT2D eigenvalue weighted by Gasteiger charge is -2.21. The highest BCUT2D eigenvalue weighted by atomic mass is 16.5. The zero-order valence-electron chi connectivity index (χ0n) is 20.4. The molecule has 0 aromatic heterocycles. The number of β-amino-alcohol motifs (C(OH)–C–C–N with tert-alkyl or cyclic N) is 1. The van der Waals surface area contributed by atoms with Crippen molar-refractivity contribution >= 4 is 23.4 Å². The molecule has 0 radical (unpaired) electrons. The predicted octanol–water partition coefficient (Wildman–Crippen LogP) is 0.822. The minimum atomic E-state index is -1.02. The molecule has 2 heterocycles. The Bertz CT molecular complexity index is 1190.